The number of hydrogen-bond acceptors (Lipinski definition) is 4. The summed E-state index contributed by atoms with van der Waals surface area (Å²) in [6.45, 7) is 5.74. The van der Waals surface area contributed by atoms with Crippen LogP contribution in [0.15, 0.2) is 27.1 Å². The highest BCUT2D eigenvalue weighted by molar-refractivity contribution is 9.10. The van der Waals surface area contributed by atoms with Crippen LogP contribution in [0.5, 0.6) is 0 Å². The van der Waals surface area contributed by atoms with Gasteiger partial charge in [0.15, 0.2) is 0 Å². The third-order valence-corrected chi connectivity index (χ3v) is 4.00. The van der Waals surface area contributed by atoms with E-state index in [1.54, 1.807) is 0 Å². The lowest BCUT2D eigenvalue weighted by Crippen LogP contribution is -2.19. The molecule has 0 saturated carbocycles. The highest BCUT2D eigenvalue weighted by atomic mass is 79.9. The third-order valence-electron chi connectivity index (χ3n) is 3.15. The van der Waals surface area contributed by atoms with Gasteiger partial charge in [0, 0.05) is 16.5 Å². The van der Waals surface area contributed by atoms with Crippen molar-refractivity contribution >= 4 is 21.9 Å². The molecule has 0 spiro atoms. The van der Waals surface area contributed by atoms with Gasteiger partial charge < -0.3 is 9.52 Å². The van der Waals surface area contributed by atoms with Crippen molar-refractivity contribution in [3.05, 3.63) is 34.1 Å². The number of carboxylic acid groups (broad SMARTS) is 1. The summed E-state index contributed by atoms with van der Waals surface area (Å²) in [4.78, 5) is 10.8. The minimum atomic E-state index is -0.831. The molecule has 0 bridgehead atoms. The standard InChI is InChI=1S/C15H17BrN2O3/c1-9-4-5-10(6-11(9)16)14-18-17-12(21-14)7-15(2,3)8-13(19)20/h4-6H,7-8H2,1-3H3,(H,19,20). The molecule has 0 fully saturated rings. The molecule has 112 valence electrons. The summed E-state index contributed by atoms with van der Waals surface area (Å²) in [6.07, 6.45) is 0.486. The van der Waals surface area contributed by atoms with E-state index in [0.29, 0.717) is 18.2 Å². The molecule has 0 aliphatic rings. The summed E-state index contributed by atoms with van der Waals surface area (Å²) in [5.41, 5.74) is 1.53. The Labute approximate surface area is 131 Å². The minimum absolute atomic E-state index is 0.0563. The topological polar surface area (TPSA) is 76.2 Å². The normalized spacial score (nSPS) is 11.6. The van der Waals surface area contributed by atoms with Gasteiger partial charge in [0.25, 0.3) is 0 Å². The minimum Gasteiger partial charge on any atom is -0.481 e. The maximum atomic E-state index is 10.8. The average Bonchev–Trinajstić information content (AvgIpc) is 2.78. The van der Waals surface area contributed by atoms with Crippen molar-refractivity contribution in [2.24, 2.45) is 5.41 Å². The number of carboxylic acids is 1. The average molecular weight is 353 g/mol. The number of aryl methyl sites for hydroxylation is 1. The van der Waals surface area contributed by atoms with Crippen molar-refractivity contribution < 1.29 is 14.3 Å². The van der Waals surface area contributed by atoms with Gasteiger partial charge in [0.2, 0.25) is 11.8 Å². The van der Waals surface area contributed by atoms with E-state index in [2.05, 4.69) is 26.1 Å². The number of carbonyl (C=O) groups is 1. The van der Waals surface area contributed by atoms with Gasteiger partial charge in [-0.1, -0.05) is 35.8 Å². The number of nitrogens with zero attached hydrogens (tertiary/aromatic N) is 2. The Morgan fingerprint density at radius 2 is 2.10 bits per heavy atom. The van der Waals surface area contributed by atoms with Crippen molar-refractivity contribution in [1.82, 2.24) is 10.2 Å². The summed E-state index contributed by atoms with van der Waals surface area (Å²) in [7, 11) is 0. The van der Waals surface area contributed by atoms with E-state index in [9.17, 15) is 4.79 Å². The van der Waals surface area contributed by atoms with E-state index in [0.717, 1.165) is 15.6 Å². The van der Waals surface area contributed by atoms with Crippen molar-refractivity contribution in [2.75, 3.05) is 0 Å². The van der Waals surface area contributed by atoms with Crippen LogP contribution in [-0.4, -0.2) is 21.3 Å². The second-order valence-electron chi connectivity index (χ2n) is 5.88. The third kappa shape index (κ3) is 4.14. The molecular formula is C15H17BrN2O3. The predicted molar refractivity (Wildman–Crippen MR) is 81.9 cm³/mol. The quantitative estimate of drug-likeness (QED) is 0.884. The van der Waals surface area contributed by atoms with Crippen LogP contribution in [0.2, 0.25) is 0 Å². The highest BCUT2D eigenvalue weighted by Gasteiger charge is 2.25. The monoisotopic (exact) mass is 352 g/mol. The van der Waals surface area contributed by atoms with Crippen LogP contribution in [0.4, 0.5) is 0 Å². The van der Waals surface area contributed by atoms with Crippen LogP contribution in [0, 0.1) is 12.3 Å². The Kier molecular flexibility index (Phi) is 4.46. The van der Waals surface area contributed by atoms with Crippen molar-refractivity contribution in [2.45, 2.75) is 33.6 Å². The molecule has 1 aromatic carbocycles. The SMILES string of the molecule is Cc1ccc(-c2nnc(CC(C)(C)CC(=O)O)o2)cc1Br. The smallest absolute Gasteiger partial charge is 0.303 e. The summed E-state index contributed by atoms with van der Waals surface area (Å²) >= 11 is 3.47. The molecule has 0 unspecified atom stereocenters. The molecule has 21 heavy (non-hydrogen) atoms. The summed E-state index contributed by atoms with van der Waals surface area (Å²) in [5, 5.41) is 16.9. The number of aromatic nitrogens is 2. The fourth-order valence-corrected chi connectivity index (χ4v) is 2.43. The van der Waals surface area contributed by atoms with Gasteiger partial charge >= 0.3 is 5.97 Å². The molecule has 0 radical (unpaired) electrons. The molecule has 2 aromatic rings. The number of aliphatic carboxylic acids is 1. The molecule has 1 N–H and O–H groups in total. The van der Waals surface area contributed by atoms with E-state index < -0.39 is 11.4 Å². The van der Waals surface area contributed by atoms with Gasteiger partial charge in [-0.3, -0.25) is 4.79 Å². The van der Waals surface area contributed by atoms with Gasteiger partial charge in [0.05, 0.1) is 6.42 Å². The van der Waals surface area contributed by atoms with Crippen LogP contribution in [0.1, 0.15) is 31.7 Å². The van der Waals surface area contributed by atoms with E-state index in [1.165, 1.54) is 0 Å². The van der Waals surface area contributed by atoms with E-state index in [1.807, 2.05) is 39.0 Å². The fraction of sp³-hybridized carbons (Fsp3) is 0.400. The van der Waals surface area contributed by atoms with Gasteiger partial charge in [-0.05, 0) is 30.0 Å². The molecule has 0 saturated heterocycles. The molecule has 0 atom stereocenters. The van der Waals surface area contributed by atoms with Crippen molar-refractivity contribution in [3.8, 4) is 11.5 Å². The van der Waals surface area contributed by atoms with Crippen LogP contribution < -0.4 is 0 Å². The molecular weight excluding hydrogens is 336 g/mol. The highest BCUT2D eigenvalue weighted by Crippen LogP contribution is 2.28. The van der Waals surface area contributed by atoms with Crippen molar-refractivity contribution in [1.29, 1.82) is 0 Å². The van der Waals surface area contributed by atoms with Gasteiger partial charge in [-0.15, -0.1) is 10.2 Å². The summed E-state index contributed by atoms with van der Waals surface area (Å²) < 4.78 is 6.62. The lowest BCUT2D eigenvalue weighted by molar-refractivity contribution is -0.139. The fourth-order valence-electron chi connectivity index (χ4n) is 2.05. The Bertz CT molecular complexity index is 665. The van der Waals surface area contributed by atoms with Crippen LogP contribution >= 0.6 is 15.9 Å². The molecule has 0 aliphatic heterocycles. The molecule has 5 nitrogen and oxygen atoms in total. The lowest BCUT2D eigenvalue weighted by Gasteiger charge is -2.19. The first-order valence-electron chi connectivity index (χ1n) is 6.57. The van der Waals surface area contributed by atoms with Gasteiger partial charge in [0.1, 0.15) is 0 Å². The number of benzene rings is 1. The second-order valence-corrected chi connectivity index (χ2v) is 6.73. The van der Waals surface area contributed by atoms with Crippen LogP contribution in [0.3, 0.4) is 0 Å². The van der Waals surface area contributed by atoms with E-state index in [-0.39, 0.29) is 6.42 Å². The van der Waals surface area contributed by atoms with Gasteiger partial charge in [-0.25, -0.2) is 0 Å². The number of hydrogen-bond donors (Lipinski definition) is 1. The van der Waals surface area contributed by atoms with Crippen molar-refractivity contribution in [3.63, 3.8) is 0 Å². The summed E-state index contributed by atoms with van der Waals surface area (Å²) in [5.74, 6) is 0.0620. The zero-order chi connectivity index (χ0) is 15.6. The first-order valence-corrected chi connectivity index (χ1v) is 7.37. The van der Waals surface area contributed by atoms with Crippen LogP contribution in [-0.2, 0) is 11.2 Å². The van der Waals surface area contributed by atoms with E-state index >= 15 is 0 Å². The van der Waals surface area contributed by atoms with E-state index in [4.69, 9.17) is 9.52 Å². The molecule has 2 rings (SSSR count). The first kappa shape index (κ1) is 15.7. The Balaban J connectivity index is 2.18. The number of halogens is 1. The Morgan fingerprint density at radius 1 is 1.38 bits per heavy atom. The predicted octanol–water partition coefficient (Wildman–Crippen LogP) is 3.85. The molecule has 1 heterocycles. The first-order chi connectivity index (χ1) is 9.77. The Morgan fingerprint density at radius 3 is 2.71 bits per heavy atom. The molecule has 0 amide bonds. The molecule has 6 heteroatoms. The molecule has 1 aromatic heterocycles. The molecule has 0 aliphatic carbocycles. The maximum Gasteiger partial charge on any atom is 0.303 e. The summed E-state index contributed by atoms with van der Waals surface area (Å²) in [6, 6.07) is 5.81. The van der Waals surface area contributed by atoms with Gasteiger partial charge in [-0.2, -0.15) is 0 Å². The maximum absolute atomic E-state index is 10.8. The Hall–Kier alpha value is -1.69. The lowest BCUT2D eigenvalue weighted by atomic mass is 9.86. The zero-order valence-electron chi connectivity index (χ0n) is 12.2. The second kappa shape index (κ2) is 5.97. The largest absolute Gasteiger partial charge is 0.481 e. The zero-order valence-corrected chi connectivity index (χ0v) is 13.8. The number of rotatable bonds is 5. The van der Waals surface area contributed by atoms with Crippen LogP contribution in [0.25, 0.3) is 11.5 Å².